The van der Waals surface area contributed by atoms with Gasteiger partial charge in [-0.25, -0.2) is 0 Å². The molecule has 0 saturated heterocycles. The van der Waals surface area contributed by atoms with Gasteiger partial charge in [0.1, 0.15) is 0 Å². The summed E-state index contributed by atoms with van der Waals surface area (Å²) in [4.78, 5) is 0. The van der Waals surface area contributed by atoms with Gasteiger partial charge in [-0.3, -0.25) is 0 Å². The van der Waals surface area contributed by atoms with Crippen LogP contribution < -0.4 is 5.32 Å². The van der Waals surface area contributed by atoms with E-state index in [1.54, 1.807) is 7.11 Å². The van der Waals surface area contributed by atoms with E-state index < -0.39 is 0 Å². The normalized spacial score (nSPS) is 15.7. The topological polar surface area (TPSA) is 41.5 Å². The molecule has 0 aliphatic rings. The first-order chi connectivity index (χ1) is 6.24. The molecule has 0 aromatic rings. The summed E-state index contributed by atoms with van der Waals surface area (Å²) < 4.78 is 5.10. The Hall–Kier alpha value is -0.120. The van der Waals surface area contributed by atoms with Crippen molar-refractivity contribution in [3.63, 3.8) is 0 Å². The third kappa shape index (κ3) is 6.99. The van der Waals surface area contributed by atoms with Crippen LogP contribution in [0, 0.1) is 0 Å². The Labute approximate surface area is 81.5 Å². The number of rotatable bonds is 8. The first-order valence-corrected chi connectivity index (χ1v) is 5.10. The Balaban J connectivity index is 3.65. The van der Waals surface area contributed by atoms with Crippen molar-refractivity contribution in [1.29, 1.82) is 0 Å². The molecule has 0 rings (SSSR count). The second-order valence-corrected chi connectivity index (χ2v) is 3.54. The molecule has 0 radical (unpaired) electrons. The second kappa shape index (κ2) is 8.48. The van der Waals surface area contributed by atoms with E-state index in [9.17, 15) is 0 Å². The number of aliphatic hydroxyl groups excluding tert-OH is 1. The zero-order chi connectivity index (χ0) is 10.1. The standard InChI is InChI=1S/C10H23NO2/c1-4-5-6-10(8-13-3)11-9(2)7-12/h9-12H,4-8H2,1-3H3. The molecule has 0 amide bonds. The summed E-state index contributed by atoms with van der Waals surface area (Å²) in [7, 11) is 1.71. The van der Waals surface area contributed by atoms with Gasteiger partial charge in [0.2, 0.25) is 0 Å². The predicted octanol–water partition coefficient (Wildman–Crippen LogP) is 1.16. The first kappa shape index (κ1) is 12.9. The molecule has 3 nitrogen and oxygen atoms in total. The molecular formula is C10H23NO2. The van der Waals surface area contributed by atoms with Gasteiger partial charge in [0.25, 0.3) is 0 Å². The molecule has 0 aromatic heterocycles. The summed E-state index contributed by atoms with van der Waals surface area (Å²) in [5, 5.41) is 12.2. The fraction of sp³-hybridized carbons (Fsp3) is 1.00. The largest absolute Gasteiger partial charge is 0.395 e. The van der Waals surface area contributed by atoms with Gasteiger partial charge in [0.15, 0.2) is 0 Å². The maximum absolute atomic E-state index is 8.87. The van der Waals surface area contributed by atoms with Crippen LogP contribution in [0.25, 0.3) is 0 Å². The van der Waals surface area contributed by atoms with Crippen molar-refractivity contribution in [3.8, 4) is 0 Å². The highest BCUT2D eigenvalue weighted by Crippen LogP contribution is 2.02. The Kier molecular flexibility index (Phi) is 8.40. The van der Waals surface area contributed by atoms with E-state index in [1.165, 1.54) is 12.8 Å². The molecule has 3 heteroatoms. The fourth-order valence-corrected chi connectivity index (χ4v) is 1.32. The van der Waals surface area contributed by atoms with Gasteiger partial charge in [0, 0.05) is 19.2 Å². The van der Waals surface area contributed by atoms with E-state index in [4.69, 9.17) is 9.84 Å². The molecule has 2 unspecified atom stereocenters. The van der Waals surface area contributed by atoms with Crippen molar-refractivity contribution < 1.29 is 9.84 Å². The second-order valence-electron chi connectivity index (χ2n) is 3.54. The van der Waals surface area contributed by atoms with Crippen LogP contribution in [0.5, 0.6) is 0 Å². The number of aliphatic hydroxyl groups is 1. The summed E-state index contributed by atoms with van der Waals surface area (Å²) in [6.45, 7) is 5.07. The maximum atomic E-state index is 8.87. The average Bonchev–Trinajstić information content (AvgIpc) is 2.14. The fourth-order valence-electron chi connectivity index (χ4n) is 1.32. The highest BCUT2D eigenvalue weighted by molar-refractivity contribution is 4.70. The minimum atomic E-state index is 0.164. The summed E-state index contributed by atoms with van der Waals surface area (Å²) >= 11 is 0. The third-order valence-corrected chi connectivity index (χ3v) is 2.07. The lowest BCUT2D eigenvalue weighted by atomic mass is 10.1. The molecule has 0 aliphatic carbocycles. The van der Waals surface area contributed by atoms with Crippen LogP contribution in [0.2, 0.25) is 0 Å². The molecule has 0 heterocycles. The molecule has 0 saturated carbocycles. The molecule has 0 fully saturated rings. The molecule has 0 aromatic carbocycles. The van der Waals surface area contributed by atoms with E-state index in [0.717, 1.165) is 13.0 Å². The number of hydrogen-bond donors (Lipinski definition) is 2. The van der Waals surface area contributed by atoms with E-state index in [0.29, 0.717) is 6.04 Å². The highest BCUT2D eigenvalue weighted by Gasteiger charge is 2.10. The Morgan fingerprint density at radius 3 is 2.62 bits per heavy atom. The minimum Gasteiger partial charge on any atom is -0.395 e. The number of methoxy groups -OCH3 is 1. The van der Waals surface area contributed by atoms with E-state index in [2.05, 4.69) is 12.2 Å². The van der Waals surface area contributed by atoms with E-state index in [1.807, 2.05) is 6.92 Å². The zero-order valence-electron chi connectivity index (χ0n) is 9.05. The van der Waals surface area contributed by atoms with Crippen molar-refractivity contribution in [3.05, 3.63) is 0 Å². The van der Waals surface area contributed by atoms with Gasteiger partial charge in [-0.15, -0.1) is 0 Å². The van der Waals surface area contributed by atoms with Gasteiger partial charge < -0.3 is 15.2 Å². The van der Waals surface area contributed by atoms with Gasteiger partial charge in [-0.1, -0.05) is 19.8 Å². The summed E-state index contributed by atoms with van der Waals surface area (Å²) in [6.07, 6.45) is 3.53. The average molecular weight is 189 g/mol. The van der Waals surface area contributed by atoms with Crippen LogP contribution >= 0.6 is 0 Å². The molecule has 13 heavy (non-hydrogen) atoms. The third-order valence-electron chi connectivity index (χ3n) is 2.07. The van der Waals surface area contributed by atoms with Crippen LogP contribution in [0.3, 0.4) is 0 Å². The number of nitrogens with one attached hydrogen (secondary N) is 1. The molecule has 80 valence electrons. The van der Waals surface area contributed by atoms with Crippen molar-refractivity contribution >= 4 is 0 Å². The maximum Gasteiger partial charge on any atom is 0.0615 e. The SMILES string of the molecule is CCCCC(COC)NC(C)CO. The monoisotopic (exact) mass is 189 g/mol. The van der Waals surface area contributed by atoms with Gasteiger partial charge in [-0.05, 0) is 13.3 Å². The summed E-state index contributed by atoms with van der Waals surface area (Å²) in [5.74, 6) is 0. The van der Waals surface area contributed by atoms with E-state index in [-0.39, 0.29) is 12.6 Å². The lowest BCUT2D eigenvalue weighted by Crippen LogP contribution is -2.41. The van der Waals surface area contributed by atoms with Crippen LogP contribution in [-0.2, 0) is 4.74 Å². The first-order valence-electron chi connectivity index (χ1n) is 5.10. The zero-order valence-corrected chi connectivity index (χ0v) is 9.05. The lowest BCUT2D eigenvalue weighted by Gasteiger charge is -2.21. The van der Waals surface area contributed by atoms with Crippen LogP contribution in [-0.4, -0.2) is 37.5 Å². The quantitative estimate of drug-likeness (QED) is 0.602. The van der Waals surface area contributed by atoms with Crippen LogP contribution in [0.15, 0.2) is 0 Å². The molecule has 0 bridgehead atoms. The lowest BCUT2D eigenvalue weighted by molar-refractivity contribution is 0.146. The molecule has 0 spiro atoms. The molecule has 0 aliphatic heterocycles. The Morgan fingerprint density at radius 2 is 2.15 bits per heavy atom. The number of hydrogen-bond acceptors (Lipinski definition) is 3. The predicted molar refractivity (Wildman–Crippen MR) is 54.9 cm³/mol. The summed E-state index contributed by atoms with van der Waals surface area (Å²) in [5.41, 5.74) is 0. The Morgan fingerprint density at radius 1 is 1.46 bits per heavy atom. The number of unbranched alkanes of at least 4 members (excludes halogenated alkanes) is 1. The molecule has 2 N–H and O–H groups in total. The van der Waals surface area contributed by atoms with E-state index >= 15 is 0 Å². The number of ether oxygens (including phenoxy) is 1. The van der Waals surface area contributed by atoms with Gasteiger partial charge in [0.05, 0.1) is 13.2 Å². The van der Waals surface area contributed by atoms with Crippen LogP contribution in [0.4, 0.5) is 0 Å². The van der Waals surface area contributed by atoms with Crippen molar-refractivity contribution in [2.24, 2.45) is 0 Å². The van der Waals surface area contributed by atoms with Crippen molar-refractivity contribution in [2.45, 2.75) is 45.2 Å². The molecule has 2 atom stereocenters. The van der Waals surface area contributed by atoms with Crippen LogP contribution in [0.1, 0.15) is 33.1 Å². The minimum absolute atomic E-state index is 0.164. The van der Waals surface area contributed by atoms with Crippen molar-refractivity contribution in [1.82, 2.24) is 5.32 Å². The van der Waals surface area contributed by atoms with Gasteiger partial charge in [-0.2, -0.15) is 0 Å². The van der Waals surface area contributed by atoms with Crippen molar-refractivity contribution in [2.75, 3.05) is 20.3 Å². The van der Waals surface area contributed by atoms with Gasteiger partial charge >= 0.3 is 0 Å². The summed E-state index contributed by atoms with van der Waals surface area (Å²) in [6, 6.07) is 0.545. The Bertz CT molecular complexity index is 109. The smallest absolute Gasteiger partial charge is 0.0615 e. The highest BCUT2D eigenvalue weighted by atomic mass is 16.5. The molecular weight excluding hydrogens is 166 g/mol.